The zero-order valence-corrected chi connectivity index (χ0v) is 9.18. The number of amides is 1. The number of aryl methyl sites for hydroxylation is 1. The van der Waals surface area contributed by atoms with Crippen LogP contribution in [-0.2, 0) is 14.8 Å². The van der Waals surface area contributed by atoms with Gasteiger partial charge in [-0.3, -0.25) is 9.89 Å². The van der Waals surface area contributed by atoms with Crippen LogP contribution < -0.4 is 10.0 Å². The van der Waals surface area contributed by atoms with Gasteiger partial charge in [0, 0.05) is 11.8 Å². The van der Waals surface area contributed by atoms with E-state index in [4.69, 9.17) is 0 Å². The first-order valence-electron chi connectivity index (χ1n) is 4.13. The molecule has 8 heteroatoms. The molecule has 7 nitrogen and oxygen atoms in total. The van der Waals surface area contributed by atoms with Gasteiger partial charge in [0.05, 0.1) is 12.8 Å². The number of H-pyrrole nitrogens is 1. The first kappa shape index (κ1) is 11.7. The molecule has 0 aliphatic carbocycles. The lowest BCUT2D eigenvalue weighted by Crippen LogP contribution is -2.32. The smallest absolute Gasteiger partial charge is 0.240 e. The molecule has 1 aromatic heterocycles. The summed E-state index contributed by atoms with van der Waals surface area (Å²) < 4.78 is 23.4. The van der Waals surface area contributed by atoms with Crippen molar-refractivity contribution in [2.45, 2.75) is 6.92 Å². The van der Waals surface area contributed by atoms with Crippen molar-refractivity contribution in [2.75, 3.05) is 18.1 Å². The average molecular weight is 232 g/mol. The predicted molar refractivity (Wildman–Crippen MR) is 54.8 cm³/mol. The summed E-state index contributed by atoms with van der Waals surface area (Å²) in [7, 11) is -3.35. The highest BCUT2D eigenvalue weighted by atomic mass is 32.2. The molecule has 0 bridgehead atoms. The summed E-state index contributed by atoms with van der Waals surface area (Å²) in [6, 6.07) is 1.64. The maximum atomic E-state index is 11.2. The fourth-order valence-corrected chi connectivity index (χ4v) is 1.26. The highest BCUT2D eigenvalue weighted by Crippen LogP contribution is 2.02. The Morgan fingerprint density at radius 3 is 2.73 bits per heavy atom. The van der Waals surface area contributed by atoms with Gasteiger partial charge in [-0.05, 0) is 6.92 Å². The first-order chi connectivity index (χ1) is 6.87. The summed E-state index contributed by atoms with van der Waals surface area (Å²) in [5.41, 5.74) is 0.807. The van der Waals surface area contributed by atoms with Crippen LogP contribution in [0.3, 0.4) is 0 Å². The van der Waals surface area contributed by atoms with Crippen molar-refractivity contribution in [1.82, 2.24) is 14.9 Å². The molecule has 0 aliphatic heterocycles. The van der Waals surface area contributed by atoms with E-state index < -0.39 is 15.9 Å². The molecular weight excluding hydrogens is 220 g/mol. The van der Waals surface area contributed by atoms with E-state index in [0.717, 1.165) is 11.9 Å². The van der Waals surface area contributed by atoms with E-state index in [0.29, 0.717) is 5.82 Å². The lowest BCUT2D eigenvalue weighted by molar-refractivity contribution is -0.115. The lowest BCUT2D eigenvalue weighted by Gasteiger charge is -2.01. The van der Waals surface area contributed by atoms with Crippen molar-refractivity contribution in [3.63, 3.8) is 0 Å². The van der Waals surface area contributed by atoms with E-state index in [1.807, 2.05) is 0 Å². The second kappa shape index (κ2) is 4.41. The Morgan fingerprint density at radius 1 is 1.60 bits per heavy atom. The maximum absolute atomic E-state index is 11.2. The Kier molecular flexibility index (Phi) is 3.43. The molecule has 0 unspecified atom stereocenters. The minimum atomic E-state index is -3.35. The zero-order valence-electron chi connectivity index (χ0n) is 8.36. The third kappa shape index (κ3) is 4.56. The van der Waals surface area contributed by atoms with Crippen LogP contribution in [0.25, 0.3) is 0 Å². The van der Waals surface area contributed by atoms with Crippen molar-refractivity contribution in [2.24, 2.45) is 0 Å². The monoisotopic (exact) mass is 232 g/mol. The van der Waals surface area contributed by atoms with E-state index in [9.17, 15) is 13.2 Å². The number of hydrogen-bond donors (Lipinski definition) is 3. The molecular formula is C7H12N4O3S. The molecule has 0 aliphatic rings. The van der Waals surface area contributed by atoms with Crippen LogP contribution in [0.15, 0.2) is 6.07 Å². The number of nitrogens with zero attached hydrogens (tertiary/aromatic N) is 1. The topological polar surface area (TPSA) is 104 Å². The summed E-state index contributed by atoms with van der Waals surface area (Å²) in [5.74, 6) is -0.0975. The van der Waals surface area contributed by atoms with Gasteiger partial charge in [-0.2, -0.15) is 5.10 Å². The van der Waals surface area contributed by atoms with Gasteiger partial charge >= 0.3 is 0 Å². The van der Waals surface area contributed by atoms with Gasteiger partial charge in [-0.1, -0.05) is 0 Å². The molecule has 0 spiro atoms. The molecule has 0 fully saturated rings. The summed E-state index contributed by atoms with van der Waals surface area (Å²) in [6.07, 6.45) is 0.985. The number of carbonyl (C=O) groups excluding carboxylic acids is 1. The molecule has 15 heavy (non-hydrogen) atoms. The summed E-state index contributed by atoms with van der Waals surface area (Å²) in [4.78, 5) is 11.2. The van der Waals surface area contributed by atoms with Crippen molar-refractivity contribution in [1.29, 1.82) is 0 Å². The molecule has 0 saturated carbocycles. The molecule has 1 rings (SSSR count). The van der Waals surface area contributed by atoms with Crippen molar-refractivity contribution >= 4 is 21.7 Å². The van der Waals surface area contributed by atoms with E-state index in [-0.39, 0.29) is 6.54 Å². The van der Waals surface area contributed by atoms with Gasteiger partial charge < -0.3 is 5.32 Å². The lowest BCUT2D eigenvalue weighted by atomic mass is 10.4. The molecule has 0 aromatic carbocycles. The number of sulfonamides is 1. The number of carbonyl (C=O) groups is 1. The molecule has 3 N–H and O–H groups in total. The van der Waals surface area contributed by atoms with Crippen LogP contribution in [0.1, 0.15) is 5.69 Å². The van der Waals surface area contributed by atoms with E-state index in [1.165, 1.54) is 0 Å². The Morgan fingerprint density at radius 2 is 2.27 bits per heavy atom. The summed E-state index contributed by atoms with van der Waals surface area (Å²) in [5, 5.41) is 8.84. The van der Waals surface area contributed by atoms with Crippen LogP contribution in [0.5, 0.6) is 0 Å². The van der Waals surface area contributed by atoms with Gasteiger partial charge in [0.1, 0.15) is 0 Å². The van der Waals surface area contributed by atoms with Crippen molar-refractivity contribution < 1.29 is 13.2 Å². The number of rotatable bonds is 4. The third-order valence-corrected chi connectivity index (χ3v) is 2.14. The third-order valence-electron chi connectivity index (χ3n) is 1.47. The first-order valence-corrected chi connectivity index (χ1v) is 6.02. The fourth-order valence-electron chi connectivity index (χ4n) is 0.866. The number of nitrogens with one attached hydrogen (secondary N) is 3. The quantitative estimate of drug-likeness (QED) is 0.632. The number of aromatic nitrogens is 2. The second-order valence-electron chi connectivity index (χ2n) is 3.08. The van der Waals surface area contributed by atoms with Crippen LogP contribution in [0, 0.1) is 6.92 Å². The number of aromatic amines is 1. The predicted octanol–water partition coefficient (Wildman–Crippen LogP) is -0.794. The second-order valence-corrected chi connectivity index (χ2v) is 4.91. The van der Waals surface area contributed by atoms with Crippen LogP contribution in [-0.4, -0.2) is 37.3 Å². The summed E-state index contributed by atoms with van der Waals surface area (Å²) >= 11 is 0. The van der Waals surface area contributed by atoms with Crippen LogP contribution in [0.4, 0.5) is 5.82 Å². The fraction of sp³-hybridized carbons (Fsp3) is 0.429. The molecule has 84 valence electrons. The average Bonchev–Trinajstić information content (AvgIpc) is 2.47. The van der Waals surface area contributed by atoms with Crippen LogP contribution >= 0.6 is 0 Å². The Labute approximate surface area is 87.3 Å². The van der Waals surface area contributed by atoms with Gasteiger partial charge in [0.15, 0.2) is 5.82 Å². The SMILES string of the molecule is Cc1cc(NC(=O)CNS(C)(=O)=O)n[nH]1. The van der Waals surface area contributed by atoms with E-state index in [2.05, 4.69) is 20.2 Å². The van der Waals surface area contributed by atoms with E-state index >= 15 is 0 Å². The largest absolute Gasteiger partial charge is 0.308 e. The molecule has 0 radical (unpaired) electrons. The molecule has 0 atom stereocenters. The Balaban J connectivity index is 2.44. The summed E-state index contributed by atoms with van der Waals surface area (Å²) in [6.45, 7) is 1.49. The number of anilines is 1. The van der Waals surface area contributed by atoms with Gasteiger partial charge in [-0.25, -0.2) is 13.1 Å². The van der Waals surface area contributed by atoms with Crippen LogP contribution in [0.2, 0.25) is 0 Å². The van der Waals surface area contributed by atoms with E-state index in [1.54, 1.807) is 13.0 Å². The highest BCUT2D eigenvalue weighted by Gasteiger charge is 2.07. The van der Waals surface area contributed by atoms with Crippen molar-refractivity contribution in [3.05, 3.63) is 11.8 Å². The number of hydrogen-bond acceptors (Lipinski definition) is 4. The molecule has 1 aromatic rings. The normalized spacial score (nSPS) is 11.3. The van der Waals surface area contributed by atoms with Gasteiger partial charge in [0.2, 0.25) is 15.9 Å². The van der Waals surface area contributed by atoms with Crippen molar-refractivity contribution in [3.8, 4) is 0 Å². The van der Waals surface area contributed by atoms with Gasteiger partial charge in [0.25, 0.3) is 0 Å². The minimum absolute atomic E-state index is 0.301. The minimum Gasteiger partial charge on any atom is -0.308 e. The molecule has 0 saturated heterocycles. The highest BCUT2D eigenvalue weighted by molar-refractivity contribution is 7.88. The molecule has 1 heterocycles. The standard InChI is InChI=1S/C7H12N4O3S/c1-5-3-6(11-10-5)9-7(12)4-8-15(2,13)14/h3,8H,4H2,1-2H3,(H2,9,10,11,12). The molecule has 1 amide bonds. The Bertz CT molecular complexity index is 451. The van der Waals surface area contributed by atoms with Gasteiger partial charge in [-0.15, -0.1) is 0 Å². The maximum Gasteiger partial charge on any atom is 0.240 e. The Hall–Kier alpha value is -1.41. The zero-order chi connectivity index (χ0) is 11.5.